The zero-order chi connectivity index (χ0) is 42.6. The molecule has 4 aromatic carbocycles. The van der Waals surface area contributed by atoms with Gasteiger partial charge in [-0.1, -0.05) is 40.9 Å². The molecule has 0 aliphatic rings. The normalized spacial score (nSPS) is 11.6. The van der Waals surface area contributed by atoms with Gasteiger partial charge in [-0.3, -0.25) is 9.52 Å². The van der Waals surface area contributed by atoms with E-state index in [2.05, 4.69) is 25.4 Å². The molecule has 1 amide bonds. The van der Waals surface area contributed by atoms with E-state index in [0.29, 0.717) is 22.8 Å². The van der Waals surface area contributed by atoms with Crippen molar-refractivity contribution in [1.29, 1.82) is 5.26 Å². The molecule has 5 rings (SSSR count). The summed E-state index contributed by atoms with van der Waals surface area (Å²) in [6.07, 6.45) is 0.420. The molecular weight excluding hydrogens is 957 g/mol. The number of benzene rings is 4. The van der Waals surface area contributed by atoms with E-state index in [1.54, 1.807) is 36.4 Å². The van der Waals surface area contributed by atoms with Gasteiger partial charge in [0.1, 0.15) is 33.1 Å². The maximum absolute atomic E-state index is 13.3. The molecule has 1 heterocycles. The van der Waals surface area contributed by atoms with Crippen LogP contribution in [0.15, 0.2) is 98.9 Å². The summed E-state index contributed by atoms with van der Waals surface area (Å²) >= 11 is 19.3. The minimum absolute atomic E-state index is 0. The molecule has 0 atom stereocenters. The summed E-state index contributed by atoms with van der Waals surface area (Å²) in [5, 5.41) is 25.7. The van der Waals surface area contributed by atoms with Gasteiger partial charge in [0.2, 0.25) is 5.91 Å². The van der Waals surface area contributed by atoms with Crippen molar-refractivity contribution in [2.45, 2.75) is 36.5 Å². The third-order valence-corrected chi connectivity index (χ3v) is 11.9. The molecule has 304 valence electrons. The summed E-state index contributed by atoms with van der Waals surface area (Å²) in [5.41, 5.74) is 1.34. The monoisotopic (exact) mass is 984 g/mol. The number of carbonyl (C=O) groups is 1. The molecule has 0 fully saturated rings. The molecule has 0 bridgehead atoms. The maximum Gasteiger partial charge on any atom is 1.00 e. The van der Waals surface area contributed by atoms with Crippen molar-refractivity contribution >= 4 is 105 Å². The molecule has 0 radical (unpaired) electrons. The minimum atomic E-state index is -4.88. The van der Waals surface area contributed by atoms with E-state index in [1.807, 2.05) is 11.0 Å². The van der Waals surface area contributed by atoms with Crippen molar-refractivity contribution in [1.82, 2.24) is 9.78 Å². The second kappa shape index (κ2) is 22.2. The summed E-state index contributed by atoms with van der Waals surface area (Å²) in [4.78, 5) is 13.1. The number of sulfonamides is 1. The number of carbonyl (C=O) groups excluding carboxylic acids is 1. The second-order valence-corrected chi connectivity index (χ2v) is 18.1. The molecule has 0 aliphatic carbocycles. The van der Waals surface area contributed by atoms with E-state index in [1.165, 1.54) is 32.0 Å². The SMILES string of the molecule is CC(=O)Nc1cc(N(CCCCS(=O)(=O)[O-])c2ccc(Cl)cc2)ccc1N=Nc1c(C#N)c(C)nn1-c1c(Cl)cc(S(=O)(=O)Nc2cccc(S(=O)(=O)[O-])c2)cc1Cl.[K+].[K+]. The first-order valence-electron chi connectivity index (χ1n) is 16.5. The molecule has 0 aliphatic heterocycles. The van der Waals surface area contributed by atoms with Crippen LogP contribution >= 0.6 is 34.8 Å². The molecule has 0 saturated carbocycles. The van der Waals surface area contributed by atoms with E-state index >= 15 is 0 Å². The summed E-state index contributed by atoms with van der Waals surface area (Å²) in [5.74, 6) is -1.16. The number of hydrogen-bond donors (Lipinski definition) is 2. The predicted octanol–water partition coefficient (Wildman–Crippen LogP) is 1.56. The molecule has 17 nitrogen and oxygen atoms in total. The summed E-state index contributed by atoms with van der Waals surface area (Å²) in [7, 11) is -13.8. The van der Waals surface area contributed by atoms with Crippen LogP contribution in [-0.2, 0) is 35.1 Å². The van der Waals surface area contributed by atoms with Gasteiger partial charge in [-0.25, -0.2) is 29.9 Å². The Bertz CT molecular complexity index is 2800. The van der Waals surface area contributed by atoms with E-state index in [4.69, 9.17) is 34.8 Å². The van der Waals surface area contributed by atoms with Crippen molar-refractivity contribution < 1.29 is 142 Å². The fraction of sp³-hybridized carbons (Fsp3) is 0.171. The number of aryl methyl sites for hydroxylation is 1. The molecule has 0 unspecified atom stereocenters. The predicted molar refractivity (Wildman–Crippen MR) is 215 cm³/mol. The number of unbranched alkanes of at least 4 members (excludes halogenated alkanes) is 1. The van der Waals surface area contributed by atoms with Crippen LogP contribution in [0, 0.1) is 18.3 Å². The van der Waals surface area contributed by atoms with E-state index in [-0.39, 0.29) is 166 Å². The Morgan fingerprint density at radius 1 is 0.867 bits per heavy atom. The Balaban J connectivity index is 0.00000480. The Labute approximate surface area is 446 Å². The average Bonchev–Trinajstić information content (AvgIpc) is 3.44. The Morgan fingerprint density at radius 3 is 2.08 bits per heavy atom. The van der Waals surface area contributed by atoms with Gasteiger partial charge in [-0.15, -0.1) is 10.2 Å². The molecule has 60 heavy (non-hydrogen) atoms. The fourth-order valence-corrected chi connectivity index (χ4v) is 8.55. The van der Waals surface area contributed by atoms with E-state index in [0.717, 1.165) is 28.9 Å². The first-order chi connectivity index (χ1) is 27.2. The first-order valence-corrected chi connectivity index (χ1v) is 22.1. The van der Waals surface area contributed by atoms with Crippen LogP contribution in [0.4, 0.5) is 34.3 Å². The number of azo groups is 1. The van der Waals surface area contributed by atoms with Gasteiger partial charge in [0.15, 0.2) is 5.82 Å². The number of aromatic nitrogens is 2. The van der Waals surface area contributed by atoms with Gasteiger partial charge >= 0.3 is 103 Å². The number of anilines is 4. The maximum atomic E-state index is 13.3. The zero-order valence-electron chi connectivity index (χ0n) is 32.1. The van der Waals surface area contributed by atoms with Crippen LogP contribution in [-0.4, -0.2) is 62.3 Å². The number of nitriles is 1. The number of nitrogens with zero attached hydrogens (tertiary/aromatic N) is 6. The summed E-state index contributed by atoms with van der Waals surface area (Å²) in [6, 6.07) is 19.9. The summed E-state index contributed by atoms with van der Waals surface area (Å²) in [6.45, 7) is 3.06. The second-order valence-electron chi connectivity index (χ2n) is 12.3. The van der Waals surface area contributed by atoms with Crippen LogP contribution < -0.4 is 118 Å². The molecule has 5 aromatic rings. The summed E-state index contributed by atoms with van der Waals surface area (Å²) < 4.78 is 97.8. The standard InChI is InChI=1S/C35H31Cl3N8O9S3.2K/c1-21-29(20-39)35(46(43-21)34-30(37)18-28(19-31(34)38)57(51,52)44-24-6-5-7-27(16-24)58(53,54)55)42-41-32-13-12-26(17-33(32)40-22(2)47)45(14-3-4-15-56(48,49)50)25-10-8-23(36)9-11-25;;/h5-13,16-19,44H,3-4,14-15H2,1-2H3,(H,40,47)(H,48,49,50)(H,53,54,55);;/q;2*+1/p-2. The first kappa shape index (κ1) is 52.5. The average molecular weight is 986 g/mol. The van der Waals surface area contributed by atoms with E-state index in [9.17, 15) is 44.4 Å². The van der Waals surface area contributed by atoms with Gasteiger partial charge in [-0.05, 0) is 92.6 Å². The Morgan fingerprint density at radius 2 is 1.50 bits per heavy atom. The number of amides is 1. The van der Waals surface area contributed by atoms with E-state index < -0.39 is 51.7 Å². The van der Waals surface area contributed by atoms with Gasteiger partial charge in [0, 0.05) is 35.6 Å². The Hall–Kier alpha value is -1.84. The molecule has 0 saturated heterocycles. The number of rotatable bonds is 15. The van der Waals surface area contributed by atoms with Gasteiger partial charge in [0.25, 0.3) is 10.0 Å². The largest absolute Gasteiger partial charge is 1.00 e. The topological polar surface area (TPSA) is 259 Å². The molecule has 1 aromatic heterocycles. The molecule has 0 spiro atoms. The number of halogens is 3. The van der Waals surface area contributed by atoms with Crippen LogP contribution in [0.5, 0.6) is 0 Å². The van der Waals surface area contributed by atoms with Crippen molar-refractivity contribution in [2.24, 2.45) is 10.2 Å². The fourth-order valence-electron chi connectivity index (χ4n) is 5.47. The van der Waals surface area contributed by atoms with Gasteiger partial charge in [0.05, 0.1) is 47.0 Å². The van der Waals surface area contributed by atoms with Crippen molar-refractivity contribution in [3.8, 4) is 11.8 Å². The van der Waals surface area contributed by atoms with Crippen LogP contribution in [0.25, 0.3) is 5.69 Å². The number of hydrogen-bond acceptors (Lipinski definition) is 14. The molecule has 25 heteroatoms. The Kier molecular flexibility index (Phi) is 19.4. The van der Waals surface area contributed by atoms with Crippen LogP contribution in [0.3, 0.4) is 0 Å². The van der Waals surface area contributed by atoms with Gasteiger partial charge in [-0.2, -0.15) is 10.4 Å². The molecular formula is C35H29Cl3K2N8O9S3. The van der Waals surface area contributed by atoms with Crippen molar-refractivity contribution in [3.05, 3.63) is 105 Å². The third-order valence-electron chi connectivity index (χ3n) is 8.05. The quantitative estimate of drug-likeness (QED) is 0.0656. The van der Waals surface area contributed by atoms with Crippen LogP contribution in [0.2, 0.25) is 15.1 Å². The number of nitrogens with one attached hydrogen (secondary N) is 2. The van der Waals surface area contributed by atoms with Crippen molar-refractivity contribution in [3.63, 3.8) is 0 Å². The smallest absolute Gasteiger partial charge is 0.748 e. The van der Waals surface area contributed by atoms with Gasteiger partial charge < -0.3 is 19.3 Å². The zero-order valence-corrected chi connectivity index (χ0v) is 43.0. The van der Waals surface area contributed by atoms with Crippen molar-refractivity contribution in [2.75, 3.05) is 27.2 Å². The molecule has 2 N–H and O–H groups in total. The van der Waals surface area contributed by atoms with Crippen LogP contribution in [0.1, 0.15) is 31.0 Å². The minimum Gasteiger partial charge on any atom is -0.748 e. The third kappa shape index (κ3) is 13.8.